The van der Waals surface area contributed by atoms with E-state index < -0.39 is 10.8 Å². The molecule has 0 radical (unpaired) electrons. The average molecular weight is 335 g/mol. The summed E-state index contributed by atoms with van der Waals surface area (Å²) in [5.41, 5.74) is 1.42. The van der Waals surface area contributed by atoms with Crippen LogP contribution in [0, 0.1) is 17.0 Å². The van der Waals surface area contributed by atoms with Crippen molar-refractivity contribution in [2.75, 3.05) is 11.9 Å². The highest BCUT2D eigenvalue weighted by Gasteiger charge is 2.22. The van der Waals surface area contributed by atoms with E-state index in [1.54, 1.807) is 31.2 Å². The fraction of sp³-hybridized carbons (Fsp3) is 0.188. The van der Waals surface area contributed by atoms with Gasteiger partial charge in [0.25, 0.3) is 11.6 Å². The Labute approximate surface area is 137 Å². The molecule has 0 bridgehead atoms. The van der Waals surface area contributed by atoms with Gasteiger partial charge in [0.05, 0.1) is 9.95 Å². The summed E-state index contributed by atoms with van der Waals surface area (Å²) >= 11 is 5.90. The monoisotopic (exact) mass is 334 g/mol. The van der Waals surface area contributed by atoms with Crippen molar-refractivity contribution in [2.24, 2.45) is 0 Å². The van der Waals surface area contributed by atoms with Crippen molar-refractivity contribution >= 4 is 28.9 Å². The molecule has 0 aromatic heterocycles. The lowest BCUT2D eigenvalue weighted by atomic mass is 10.1. The van der Waals surface area contributed by atoms with Gasteiger partial charge in [-0.15, -0.1) is 0 Å². The number of amides is 1. The van der Waals surface area contributed by atoms with Crippen LogP contribution in [-0.2, 0) is 6.42 Å². The number of nitrogens with zero attached hydrogens (tertiary/aromatic N) is 1. The summed E-state index contributed by atoms with van der Waals surface area (Å²) in [5, 5.41) is 23.1. The predicted octanol–water partition coefficient (Wildman–Crippen LogP) is 3.34. The molecule has 7 heteroatoms. The highest BCUT2D eigenvalue weighted by Crippen LogP contribution is 2.28. The number of para-hydroxylation sites is 1. The lowest BCUT2D eigenvalue weighted by molar-refractivity contribution is -0.385. The molecule has 0 heterocycles. The molecule has 0 spiro atoms. The number of aliphatic hydroxyl groups is 1. The van der Waals surface area contributed by atoms with Crippen molar-refractivity contribution in [3.63, 3.8) is 0 Å². The number of aliphatic hydroxyl groups excluding tert-OH is 1. The molecule has 0 fully saturated rings. The largest absolute Gasteiger partial charge is 0.396 e. The van der Waals surface area contributed by atoms with Crippen LogP contribution in [-0.4, -0.2) is 22.5 Å². The predicted molar refractivity (Wildman–Crippen MR) is 88.0 cm³/mol. The van der Waals surface area contributed by atoms with E-state index in [1.165, 1.54) is 12.1 Å². The number of anilines is 1. The van der Waals surface area contributed by atoms with Crippen LogP contribution in [0.5, 0.6) is 0 Å². The van der Waals surface area contributed by atoms with E-state index in [4.69, 9.17) is 16.7 Å². The van der Waals surface area contributed by atoms with Crippen molar-refractivity contribution in [3.8, 4) is 0 Å². The van der Waals surface area contributed by atoms with Crippen LogP contribution >= 0.6 is 11.6 Å². The second kappa shape index (κ2) is 7.21. The van der Waals surface area contributed by atoms with Gasteiger partial charge in [0.2, 0.25) is 0 Å². The van der Waals surface area contributed by atoms with Crippen LogP contribution in [0.25, 0.3) is 0 Å². The number of nitro benzene ring substituents is 1. The van der Waals surface area contributed by atoms with Crippen LogP contribution in [0.1, 0.15) is 21.5 Å². The van der Waals surface area contributed by atoms with Crippen molar-refractivity contribution in [3.05, 3.63) is 68.2 Å². The number of nitrogens with one attached hydrogen (secondary N) is 1. The fourth-order valence-electron chi connectivity index (χ4n) is 2.17. The maximum Gasteiger partial charge on any atom is 0.283 e. The second-order valence-corrected chi connectivity index (χ2v) is 5.37. The Kier molecular flexibility index (Phi) is 5.31. The number of halogens is 1. The van der Waals surface area contributed by atoms with E-state index in [-0.39, 0.29) is 22.9 Å². The molecule has 1 amide bonds. The van der Waals surface area contributed by atoms with Gasteiger partial charge in [-0.1, -0.05) is 29.8 Å². The molecule has 0 aliphatic heterocycles. The third-order valence-electron chi connectivity index (χ3n) is 3.36. The van der Waals surface area contributed by atoms with Gasteiger partial charge in [0.15, 0.2) is 0 Å². The number of aryl methyl sites for hydroxylation is 1. The number of carbonyl (C=O) groups is 1. The number of hydrogen-bond donors (Lipinski definition) is 2. The number of nitro groups is 1. The standard InChI is InChI=1S/C16H15ClN2O4/c1-10-8-12(15(19(22)23)9-13(10)17)16(21)18-14-5-3-2-4-11(14)6-7-20/h2-5,8-9,20H,6-7H2,1H3,(H,18,21). The Morgan fingerprint density at radius 2 is 2.04 bits per heavy atom. The first-order valence-corrected chi connectivity index (χ1v) is 7.26. The van der Waals surface area contributed by atoms with Crippen LogP contribution in [0.2, 0.25) is 5.02 Å². The maximum atomic E-state index is 12.4. The van der Waals surface area contributed by atoms with Gasteiger partial charge >= 0.3 is 0 Å². The molecule has 0 aliphatic rings. The third-order valence-corrected chi connectivity index (χ3v) is 3.77. The molecule has 0 aliphatic carbocycles. The first-order chi connectivity index (χ1) is 10.9. The highest BCUT2D eigenvalue weighted by molar-refractivity contribution is 6.31. The zero-order valence-electron chi connectivity index (χ0n) is 12.4. The Morgan fingerprint density at radius 3 is 2.70 bits per heavy atom. The second-order valence-electron chi connectivity index (χ2n) is 4.96. The minimum Gasteiger partial charge on any atom is -0.396 e. The number of benzene rings is 2. The zero-order chi connectivity index (χ0) is 17.0. The topological polar surface area (TPSA) is 92.5 Å². The Hall–Kier alpha value is -2.44. The van der Waals surface area contributed by atoms with E-state index in [2.05, 4.69) is 5.32 Å². The summed E-state index contributed by atoms with van der Waals surface area (Å²) in [4.78, 5) is 22.9. The van der Waals surface area contributed by atoms with Gasteiger partial charge in [0, 0.05) is 18.4 Å². The van der Waals surface area contributed by atoms with Crippen molar-refractivity contribution in [1.82, 2.24) is 0 Å². The highest BCUT2D eigenvalue weighted by atomic mass is 35.5. The SMILES string of the molecule is Cc1cc(C(=O)Nc2ccccc2CCO)c([N+](=O)[O-])cc1Cl. The normalized spacial score (nSPS) is 10.4. The Morgan fingerprint density at radius 1 is 1.35 bits per heavy atom. The van der Waals surface area contributed by atoms with Gasteiger partial charge < -0.3 is 10.4 Å². The fourth-order valence-corrected chi connectivity index (χ4v) is 2.33. The minimum atomic E-state index is -0.639. The summed E-state index contributed by atoms with van der Waals surface area (Å²) < 4.78 is 0. The van der Waals surface area contributed by atoms with Gasteiger partial charge in [-0.25, -0.2) is 0 Å². The van der Waals surface area contributed by atoms with E-state index in [9.17, 15) is 14.9 Å². The maximum absolute atomic E-state index is 12.4. The van der Waals surface area contributed by atoms with E-state index in [0.717, 1.165) is 5.56 Å². The van der Waals surface area contributed by atoms with Crippen molar-refractivity contribution in [2.45, 2.75) is 13.3 Å². The molecule has 120 valence electrons. The van der Waals surface area contributed by atoms with Crippen LogP contribution in [0.3, 0.4) is 0 Å². The van der Waals surface area contributed by atoms with Gasteiger partial charge in [0.1, 0.15) is 5.56 Å². The molecule has 2 rings (SSSR count). The number of hydrogen-bond acceptors (Lipinski definition) is 4. The Bertz CT molecular complexity index is 762. The third kappa shape index (κ3) is 3.85. The van der Waals surface area contributed by atoms with E-state index in [0.29, 0.717) is 17.7 Å². The zero-order valence-corrected chi connectivity index (χ0v) is 13.1. The molecule has 2 aromatic carbocycles. The molecular formula is C16H15ClN2O4. The van der Waals surface area contributed by atoms with Crippen LogP contribution < -0.4 is 5.32 Å². The summed E-state index contributed by atoms with van der Waals surface area (Å²) in [6, 6.07) is 9.54. The molecule has 0 saturated carbocycles. The molecule has 2 N–H and O–H groups in total. The first-order valence-electron chi connectivity index (χ1n) is 6.88. The molecule has 0 unspecified atom stereocenters. The molecule has 2 aromatic rings. The van der Waals surface area contributed by atoms with E-state index >= 15 is 0 Å². The van der Waals surface area contributed by atoms with Gasteiger partial charge in [-0.2, -0.15) is 0 Å². The number of carbonyl (C=O) groups excluding carboxylic acids is 1. The summed E-state index contributed by atoms with van der Waals surface area (Å²) in [6.45, 7) is 1.61. The molecule has 0 atom stereocenters. The first kappa shape index (κ1) is 16.9. The van der Waals surface area contributed by atoms with E-state index in [1.807, 2.05) is 0 Å². The van der Waals surface area contributed by atoms with Crippen LogP contribution in [0.4, 0.5) is 11.4 Å². The van der Waals surface area contributed by atoms with Crippen molar-refractivity contribution < 1.29 is 14.8 Å². The number of rotatable bonds is 5. The quantitative estimate of drug-likeness (QED) is 0.647. The summed E-state index contributed by atoms with van der Waals surface area (Å²) in [7, 11) is 0. The lowest BCUT2D eigenvalue weighted by Gasteiger charge is -2.11. The molecular weight excluding hydrogens is 320 g/mol. The summed E-state index contributed by atoms with van der Waals surface area (Å²) in [5.74, 6) is -0.596. The minimum absolute atomic E-state index is 0.0595. The van der Waals surface area contributed by atoms with Gasteiger partial charge in [-0.3, -0.25) is 14.9 Å². The lowest BCUT2D eigenvalue weighted by Crippen LogP contribution is -2.15. The molecule has 23 heavy (non-hydrogen) atoms. The molecule has 6 nitrogen and oxygen atoms in total. The van der Waals surface area contributed by atoms with Crippen molar-refractivity contribution in [1.29, 1.82) is 0 Å². The smallest absolute Gasteiger partial charge is 0.283 e. The van der Waals surface area contributed by atoms with Crippen LogP contribution in [0.15, 0.2) is 36.4 Å². The Balaban J connectivity index is 2.38. The summed E-state index contributed by atoms with van der Waals surface area (Å²) in [6.07, 6.45) is 0.373. The average Bonchev–Trinajstić information content (AvgIpc) is 2.51. The van der Waals surface area contributed by atoms with Gasteiger partial charge in [-0.05, 0) is 36.6 Å². The molecule has 0 saturated heterocycles.